The first-order valence-corrected chi connectivity index (χ1v) is 4.40. The molecule has 0 saturated heterocycles. The van der Waals surface area contributed by atoms with Gasteiger partial charge in [-0.05, 0) is 5.56 Å². The Balaban J connectivity index is 0.000000292. The Labute approximate surface area is 71.4 Å². The van der Waals surface area contributed by atoms with Crippen molar-refractivity contribution < 1.29 is 0 Å². The molecule has 0 spiro atoms. The van der Waals surface area contributed by atoms with Crippen LogP contribution in [-0.2, 0) is 0 Å². The molecule has 1 rings (SSSR count). The first-order valence-electron chi connectivity index (χ1n) is 3.40. The third-order valence-corrected chi connectivity index (χ3v) is 1.04. The molecule has 56 valence electrons. The van der Waals surface area contributed by atoms with Gasteiger partial charge in [0.25, 0.3) is 0 Å². The van der Waals surface area contributed by atoms with E-state index in [9.17, 15) is 0 Å². The van der Waals surface area contributed by atoms with Crippen molar-refractivity contribution >= 4 is 16.3 Å². The van der Waals surface area contributed by atoms with Gasteiger partial charge in [-0.2, -0.15) is 0 Å². The molecule has 0 amide bonds. The molecular formula is C10H12Si. The Morgan fingerprint density at radius 1 is 1.36 bits per heavy atom. The Kier molecular flexibility index (Phi) is 6.06. The monoisotopic (exact) mass is 160 g/mol. The third kappa shape index (κ3) is 5.19. The van der Waals surface area contributed by atoms with Gasteiger partial charge >= 0.3 is 0 Å². The van der Waals surface area contributed by atoms with Gasteiger partial charge in [0, 0.05) is 0 Å². The smallest absolute Gasteiger partial charge is 0.0902 e. The summed E-state index contributed by atoms with van der Waals surface area (Å²) in [7, 11) is 0.897. The lowest BCUT2D eigenvalue weighted by atomic mass is 10.2. The van der Waals surface area contributed by atoms with E-state index in [-0.39, 0.29) is 0 Å². The number of rotatable bonds is 1. The maximum absolute atomic E-state index is 4.66. The van der Waals surface area contributed by atoms with Crippen LogP contribution >= 0.6 is 0 Å². The molecule has 0 unspecified atom stereocenters. The minimum Gasteiger partial charge on any atom is -0.147 e. The second-order valence-electron chi connectivity index (χ2n) is 1.90. The molecule has 0 aliphatic carbocycles. The van der Waals surface area contributed by atoms with Gasteiger partial charge in [0.1, 0.15) is 0 Å². The standard InChI is InChI=1S/C8H8.C2H4Si/c1-2-8-6-4-3-5-7-8;1-2-3/h2-7H,1H2;1H,3H3. The summed E-state index contributed by atoms with van der Waals surface area (Å²) in [5.41, 5.74) is 3.56. The van der Waals surface area contributed by atoms with Crippen molar-refractivity contribution in [3.63, 3.8) is 0 Å². The molecule has 0 N–H and O–H groups in total. The predicted molar refractivity (Wildman–Crippen MR) is 55.3 cm³/mol. The Bertz CT molecular complexity index is 231. The molecule has 0 heterocycles. The number of hydrogen-bond donors (Lipinski definition) is 0. The van der Waals surface area contributed by atoms with Crippen molar-refractivity contribution in [2.45, 2.75) is 0 Å². The maximum atomic E-state index is 4.66. The van der Waals surface area contributed by atoms with E-state index < -0.39 is 0 Å². The first kappa shape index (κ1) is 9.74. The average molecular weight is 160 g/mol. The van der Waals surface area contributed by atoms with Gasteiger partial charge in [0.2, 0.25) is 0 Å². The fourth-order valence-corrected chi connectivity index (χ4v) is 0.589. The second-order valence-corrected chi connectivity index (χ2v) is 2.48. The SMILES string of the molecule is C#C[SiH3].C=Cc1ccccc1. The third-order valence-electron chi connectivity index (χ3n) is 1.04. The zero-order valence-electron chi connectivity index (χ0n) is 6.75. The molecule has 0 fully saturated rings. The number of benzene rings is 1. The Hall–Kier alpha value is -1.26. The summed E-state index contributed by atoms with van der Waals surface area (Å²) >= 11 is 0. The summed E-state index contributed by atoms with van der Waals surface area (Å²) < 4.78 is 0. The molecule has 0 aromatic heterocycles. The van der Waals surface area contributed by atoms with Crippen LogP contribution in [-0.4, -0.2) is 10.2 Å². The Morgan fingerprint density at radius 3 is 2.09 bits per heavy atom. The quantitative estimate of drug-likeness (QED) is 0.429. The van der Waals surface area contributed by atoms with Gasteiger partial charge in [0.05, 0.1) is 10.2 Å². The molecule has 0 nitrogen and oxygen atoms in total. The van der Waals surface area contributed by atoms with Gasteiger partial charge in [-0.1, -0.05) is 43.0 Å². The highest BCUT2D eigenvalue weighted by Crippen LogP contribution is 1.97. The molecule has 0 bridgehead atoms. The molecular weight excluding hydrogens is 148 g/mol. The lowest BCUT2D eigenvalue weighted by molar-refractivity contribution is 1.67. The molecule has 1 heteroatoms. The topological polar surface area (TPSA) is 0 Å². The van der Waals surface area contributed by atoms with Crippen LogP contribution in [0.1, 0.15) is 5.56 Å². The molecule has 0 saturated carbocycles. The van der Waals surface area contributed by atoms with E-state index in [4.69, 9.17) is 0 Å². The maximum Gasteiger partial charge on any atom is 0.0902 e. The Morgan fingerprint density at radius 2 is 1.82 bits per heavy atom. The number of terminal acetylenes is 1. The van der Waals surface area contributed by atoms with Crippen LogP contribution < -0.4 is 0 Å². The van der Waals surface area contributed by atoms with Gasteiger partial charge in [-0.25, -0.2) is 0 Å². The molecule has 1 aromatic rings. The van der Waals surface area contributed by atoms with Crippen LogP contribution in [0.15, 0.2) is 36.9 Å². The fourth-order valence-electron chi connectivity index (χ4n) is 0.589. The highest BCUT2D eigenvalue weighted by molar-refractivity contribution is 6.21. The van der Waals surface area contributed by atoms with E-state index in [1.165, 1.54) is 5.56 Å². The van der Waals surface area contributed by atoms with Crippen LogP contribution in [0.4, 0.5) is 0 Å². The molecule has 11 heavy (non-hydrogen) atoms. The largest absolute Gasteiger partial charge is 0.147 e. The summed E-state index contributed by atoms with van der Waals surface area (Å²) in [6, 6.07) is 10.0. The summed E-state index contributed by atoms with van der Waals surface area (Å²) in [6.45, 7) is 3.63. The molecule has 0 aliphatic rings. The average Bonchev–Trinajstić information content (AvgIpc) is 2.08. The van der Waals surface area contributed by atoms with E-state index >= 15 is 0 Å². The minimum atomic E-state index is 0.897. The molecule has 0 atom stereocenters. The summed E-state index contributed by atoms with van der Waals surface area (Å²) in [5, 5.41) is 0. The first-order chi connectivity index (χ1) is 5.35. The highest BCUT2D eigenvalue weighted by atomic mass is 28.1. The molecule has 0 aliphatic heterocycles. The predicted octanol–water partition coefficient (Wildman–Crippen LogP) is 1.27. The van der Waals surface area contributed by atoms with Crippen LogP contribution in [0.2, 0.25) is 0 Å². The van der Waals surface area contributed by atoms with Crippen molar-refractivity contribution in [3.05, 3.63) is 42.5 Å². The summed E-state index contributed by atoms with van der Waals surface area (Å²) in [5.74, 6) is 0. The van der Waals surface area contributed by atoms with Crippen molar-refractivity contribution in [2.24, 2.45) is 0 Å². The fraction of sp³-hybridized carbons (Fsp3) is 0. The van der Waals surface area contributed by atoms with Gasteiger partial charge in [0.15, 0.2) is 0 Å². The van der Waals surface area contributed by atoms with E-state index in [0.29, 0.717) is 0 Å². The van der Waals surface area contributed by atoms with E-state index in [2.05, 4.69) is 18.5 Å². The summed E-state index contributed by atoms with van der Waals surface area (Å²) in [6.07, 6.45) is 6.49. The summed E-state index contributed by atoms with van der Waals surface area (Å²) in [4.78, 5) is 0. The van der Waals surface area contributed by atoms with Gasteiger partial charge < -0.3 is 0 Å². The lowest BCUT2D eigenvalue weighted by Crippen LogP contribution is -1.63. The minimum absolute atomic E-state index is 0.897. The zero-order valence-corrected chi connectivity index (χ0v) is 8.75. The number of hydrogen-bond acceptors (Lipinski definition) is 0. The lowest BCUT2D eigenvalue weighted by Gasteiger charge is -1.85. The van der Waals surface area contributed by atoms with E-state index in [1.54, 1.807) is 0 Å². The normalized spacial score (nSPS) is 7.18. The van der Waals surface area contributed by atoms with Crippen LogP contribution in [0.25, 0.3) is 6.08 Å². The highest BCUT2D eigenvalue weighted by Gasteiger charge is 1.75. The molecule has 0 radical (unpaired) electrons. The second kappa shape index (κ2) is 6.85. The van der Waals surface area contributed by atoms with Crippen LogP contribution in [0, 0.1) is 12.0 Å². The zero-order chi connectivity index (χ0) is 8.53. The van der Waals surface area contributed by atoms with Crippen molar-refractivity contribution in [1.82, 2.24) is 0 Å². The van der Waals surface area contributed by atoms with Crippen LogP contribution in [0.3, 0.4) is 0 Å². The van der Waals surface area contributed by atoms with Crippen molar-refractivity contribution in [3.8, 4) is 12.0 Å². The van der Waals surface area contributed by atoms with Crippen molar-refractivity contribution in [2.75, 3.05) is 0 Å². The van der Waals surface area contributed by atoms with Crippen LogP contribution in [0.5, 0.6) is 0 Å². The van der Waals surface area contributed by atoms with Gasteiger partial charge in [-0.15, -0.1) is 12.0 Å². The van der Waals surface area contributed by atoms with E-state index in [0.717, 1.165) is 10.2 Å². The van der Waals surface area contributed by atoms with E-state index in [1.807, 2.05) is 36.4 Å². The molecule has 1 aromatic carbocycles. The van der Waals surface area contributed by atoms with Gasteiger partial charge in [-0.3, -0.25) is 0 Å². The van der Waals surface area contributed by atoms with Crippen molar-refractivity contribution in [1.29, 1.82) is 0 Å².